The van der Waals surface area contributed by atoms with E-state index in [2.05, 4.69) is 50.3 Å². The summed E-state index contributed by atoms with van der Waals surface area (Å²) in [4.78, 5) is 0. The SMILES string of the molecule is CC1=c2cc3c(C)cccc3cc2=CCC1. The summed E-state index contributed by atoms with van der Waals surface area (Å²) in [5, 5.41) is 5.63. The van der Waals surface area contributed by atoms with Crippen molar-refractivity contribution in [1.82, 2.24) is 0 Å². The van der Waals surface area contributed by atoms with E-state index in [1.807, 2.05) is 0 Å². The molecule has 2 aromatic rings. The molecule has 16 heavy (non-hydrogen) atoms. The zero-order chi connectivity index (χ0) is 11.1. The minimum absolute atomic E-state index is 1.19. The van der Waals surface area contributed by atoms with Gasteiger partial charge in [0.1, 0.15) is 0 Å². The second-order valence-corrected chi connectivity index (χ2v) is 4.76. The Morgan fingerprint density at radius 1 is 1.06 bits per heavy atom. The molecule has 0 atom stereocenters. The van der Waals surface area contributed by atoms with Crippen LogP contribution in [0.15, 0.2) is 30.3 Å². The second-order valence-electron chi connectivity index (χ2n) is 4.76. The molecule has 0 unspecified atom stereocenters. The monoisotopic (exact) mass is 208 g/mol. The van der Waals surface area contributed by atoms with Gasteiger partial charge in [-0.05, 0) is 65.6 Å². The van der Waals surface area contributed by atoms with Gasteiger partial charge < -0.3 is 0 Å². The fourth-order valence-corrected chi connectivity index (χ4v) is 2.62. The first-order valence-corrected chi connectivity index (χ1v) is 5.95. The van der Waals surface area contributed by atoms with Crippen LogP contribution in [0.4, 0.5) is 0 Å². The highest BCUT2D eigenvalue weighted by Gasteiger charge is 2.03. The molecule has 2 aromatic carbocycles. The summed E-state index contributed by atoms with van der Waals surface area (Å²) in [5.74, 6) is 0. The van der Waals surface area contributed by atoms with E-state index in [4.69, 9.17) is 0 Å². The van der Waals surface area contributed by atoms with Crippen molar-refractivity contribution in [3.8, 4) is 0 Å². The lowest BCUT2D eigenvalue weighted by Gasteiger charge is -2.09. The van der Waals surface area contributed by atoms with Gasteiger partial charge in [-0.25, -0.2) is 0 Å². The van der Waals surface area contributed by atoms with Gasteiger partial charge in [0, 0.05) is 0 Å². The highest BCUT2D eigenvalue weighted by molar-refractivity contribution is 5.86. The van der Waals surface area contributed by atoms with Crippen LogP contribution >= 0.6 is 0 Å². The fourth-order valence-electron chi connectivity index (χ4n) is 2.62. The molecule has 1 aliphatic carbocycles. The molecule has 0 fully saturated rings. The largest absolute Gasteiger partial charge is 0.0763 e. The van der Waals surface area contributed by atoms with Crippen molar-refractivity contribution in [1.29, 1.82) is 0 Å². The molecule has 0 aliphatic heterocycles. The average Bonchev–Trinajstić information content (AvgIpc) is 2.28. The number of benzene rings is 2. The highest BCUT2D eigenvalue weighted by Crippen LogP contribution is 2.16. The van der Waals surface area contributed by atoms with Gasteiger partial charge >= 0.3 is 0 Å². The second kappa shape index (κ2) is 3.48. The van der Waals surface area contributed by atoms with Gasteiger partial charge in [0.25, 0.3) is 0 Å². The van der Waals surface area contributed by atoms with Crippen molar-refractivity contribution in [3.63, 3.8) is 0 Å². The summed E-state index contributed by atoms with van der Waals surface area (Å²) >= 11 is 0. The van der Waals surface area contributed by atoms with Crippen molar-refractivity contribution in [2.24, 2.45) is 0 Å². The van der Waals surface area contributed by atoms with Gasteiger partial charge in [0.15, 0.2) is 0 Å². The van der Waals surface area contributed by atoms with Crippen LogP contribution in [0.1, 0.15) is 25.3 Å². The van der Waals surface area contributed by atoms with Crippen LogP contribution in [-0.4, -0.2) is 0 Å². The smallest absolute Gasteiger partial charge is 0.0148 e. The first-order chi connectivity index (χ1) is 7.75. The number of hydrogen-bond acceptors (Lipinski definition) is 0. The summed E-state index contributed by atoms with van der Waals surface area (Å²) < 4.78 is 0. The van der Waals surface area contributed by atoms with Gasteiger partial charge in [-0.2, -0.15) is 0 Å². The van der Waals surface area contributed by atoms with Gasteiger partial charge in [0.05, 0.1) is 0 Å². The summed E-state index contributed by atoms with van der Waals surface area (Å²) in [7, 11) is 0. The molecular weight excluding hydrogens is 192 g/mol. The summed E-state index contributed by atoms with van der Waals surface area (Å²) in [5.41, 5.74) is 2.90. The lowest BCUT2D eigenvalue weighted by Crippen LogP contribution is -2.28. The quantitative estimate of drug-likeness (QED) is 0.624. The van der Waals surface area contributed by atoms with Crippen LogP contribution in [0, 0.1) is 6.92 Å². The van der Waals surface area contributed by atoms with Crippen LogP contribution in [0.25, 0.3) is 22.4 Å². The molecule has 1 aliphatic rings. The molecule has 0 nitrogen and oxygen atoms in total. The van der Waals surface area contributed by atoms with E-state index in [1.54, 1.807) is 0 Å². The molecule has 0 radical (unpaired) electrons. The van der Waals surface area contributed by atoms with Crippen molar-refractivity contribution < 1.29 is 0 Å². The third-order valence-electron chi connectivity index (χ3n) is 3.61. The first kappa shape index (κ1) is 9.65. The molecule has 0 saturated heterocycles. The number of rotatable bonds is 0. The fraction of sp³-hybridized carbons (Fsp3) is 0.250. The van der Waals surface area contributed by atoms with Gasteiger partial charge in [-0.15, -0.1) is 0 Å². The zero-order valence-corrected chi connectivity index (χ0v) is 9.88. The highest BCUT2D eigenvalue weighted by atomic mass is 14.1. The van der Waals surface area contributed by atoms with Crippen LogP contribution in [0.5, 0.6) is 0 Å². The molecule has 0 N–H and O–H groups in total. The molecule has 0 spiro atoms. The van der Waals surface area contributed by atoms with E-state index in [1.165, 1.54) is 45.2 Å². The number of hydrogen-bond donors (Lipinski definition) is 0. The van der Waals surface area contributed by atoms with Crippen LogP contribution < -0.4 is 10.4 Å². The molecule has 0 heterocycles. The lowest BCUT2D eigenvalue weighted by atomic mass is 9.96. The molecule has 80 valence electrons. The maximum absolute atomic E-state index is 2.37. The molecule has 0 heteroatoms. The Morgan fingerprint density at radius 2 is 1.94 bits per heavy atom. The van der Waals surface area contributed by atoms with E-state index in [9.17, 15) is 0 Å². The molecule has 0 saturated carbocycles. The van der Waals surface area contributed by atoms with Crippen LogP contribution in [0.2, 0.25) is 0 Å². The Bertz CT molecular complexity index is 675. The third kappa shape index (κ3) is 1.37. The Hall–Kier alpha value is -1.56. The Labute approximate surface area is 95.9 Å². The average molecular weight is 208 g/mol. The zero-order valence-electron chi connectivity index (χ0n) is 9.88. The van der Waals surface area contributed by atoms with Crippen LogP contribution in [0.3, 0.4) is 0 Å². The van der Waals surface area contributed by atoms with Gasteiger partial charge in [0.2, 0.25) is 0 Å². The minimum Gasteiger partial charge on any atom is -0.0763 e. The lowest BCUT2D eigenvalue weighted by molar-refractivity contribution is 1.07. The van der Waals surface area contributed by atoms with Gasteiger partial charge in [-0.1, -0.05) is 29.8 Å². The maximum Gasteiger partial charge on any atom is -0.0148 e. The Kier molecular flexibility index (Phi) is 2.10. The predicted octanol–water partition coefficient (Wildman–Crippen LogP) is 2.89. The summed E-state index contributed by atoms with van der Waals surface area (Å²) in [6.45, 7) is 4.45. The number of aryl methyl sites for hydroxylation is 1. The van der Waals surface area contributed by atoms with Crippen molar-refractivity contribution in [2.75, 3.05) is 0 Å². The maximum atomic E-state index is 2.37. The van der Waals surface area contributed by atoms with E-state index in [0.29, 0.717) is 0 Å². The topological polar surface area (TPSA) is 0 Å². The standard InChI is InChI=1S/C16H16/c1-11-5-3-7-13-9-14-8-4-6-12(2)16(14)10-15(11)13/h3,5,7-10H,4,6H2,1-2H3. The molecule has 0 bridgehead atoms. The van der Waals surface area contributed by atoms with Crippen molar-refractivity contribution in [2.45, 2.75) is 26.7 Å². The molecule has 3 rings (SSSR count). The number of fused-ring (bicyclic) bond motifs is 2. The Balaban J connectivity index is 2.55. The predicted molar refractivity (Wildman–Crippen MR) is 70.7 cm³/mol. The van der Waals surface area contributed by atoms with Gasteiger partial charge in [-0.3, -0.25) is 0 Å². The summed E-state index contributed by atoms with van der Waals surface area (Å²) in [6.07, 6.45) is 4.77. The van der Waals surface area contributed by atoms with Crippen molar-refractivity contribution >= 4 is 22.4 Å². The molecular formula is C16H16. The van der Waals surface area contributed by atoms with E-state index < -0.39 is 0 Å². The first-order valence-electron chi connectivity index (χ1n) is 5.95. The normalized spacial score (nSPS) is 14.8. The van der Waals surface area contributed by atoms with E-state index >= 15 is 0 Å². The van der Waals surface area contributed by atoms with E-state index in [0.717, 1.165) is 0 Å². The molecule has 0 aromatic heterocycles. The minimum atomic E-state index is 1.19. The van der Waals surface area contributed by atoms with E-state index in [-0.39, 0.29) is 0 Å². The van der Waals surface area contributed by atoms with Crippen molar-refractivity contribution in [3.05, 3.63) is 46.3 Å². The van der Waals surface area contributed by atoms with Crippen LogP contribution in [-0.2, 0) is 0 Å². The third-order valence-corrected chi connectivity index (χ3v) is 3.61. The molecule has 0 amide bonds. The summed E-state index contributed by atoms with van der Waals surface area (Å²) in [6, 6.07) is 11.2. The Morgan fingerprint density at radius 3 is 2.81 bits per heavy atom.